The number of aromatic nitrogens is 1. The Hall–Kier alpha value is -1.61. The lowest BCUT2D eigenvalue weighted by Gasteiger charge is -2.18. The first kappa shape index (κ1) is 13.8. The maximum absolute atomic E-state index is 5.81. The van der Waals surface area contributed by atoms with E-state index < -0.39 is 0 Å². The van der Waals surface area contributed by atoms with Gasteiger partial charge in [-0.25, -0.2) is 0 Å². The molecule has 1 aromatic heterocycles. The van der Waals surface area contributed by atoms with E-state index in [2.05, 4.69) is 31.1 Å². The number of para-hydroxylation sites is 1. The molecule has 0 aliphatic carbocycles. The number of rotatable bonds is 5. The molecule has 0 amide bonds. The SMILES string of the molecule is CC(C)(C)CNCCOc1cccc2cccnc12. The summed E-state index contributed by atoms with van der Waals surface area (Å²) in [5, 5.41) is 4.51. The molecule has 0 fully saturated rings. The van der Waals surface area contributed by atoms with Crippen LogP contribution in [0.4, 0.5) is 0 Å². The zero-order valence-corrected chi connectivity index (χ0v) is 11.9. The van der Waals surface area contributed by atoms with Crippen molar-refractivity contribution in [2.24, 2.45) is 5.41 Å². The van der Waals surface area contributed by atoms with E-state index >= 15 is 0 Å². The Labute approximate surface area is 115 Å². The number of benzene rings is 1. The molecular formula is C16H22N2O. The van der Waals surface area contributed by atoms with Gasteiger partial charge in [0.15, 0.2) is 0 Å². The zero-order chi connectivity index (χ0) is 13.7. The van der Waals surface area contributed by atoms with Gasteiger partial charge in [-0.2, -0.15) is 0 Å². The summed E-state index contributed by atoms with van der Waals surface area (Å²) in [4.78, 5) is 4.37. The normalized spacial score (nSPS) is 11.7. The minimum Gasteiger partial charge on any atom is -0.490 e. The molecule has 3 heteroatoms. The number of nitrogens with one attached hydrogen (secondary N) is 1. The molecule has 0 radical (unpaired) electrons. The van der Waals surface area contributed by atoms with Crippen molar-refractivity contribution >= 4 is 10.9 Å². The maximum Gasteiger partial charge on any atom is 0.145 e. The van der Waals surface area contributed by atoms with Crippen LogP contribution in [0.1, 0.15) is 20.8 Å². The Morgan fingerprint density at radius 1 is 1.16 bits per heavy atom. The molecule has 0 spiro atoms. The lowest BCUT2D eigenvalue weighted by atomic mass is 9.97. The van der Waals surface area contributed by atoms with Crippen LogP contribution in [-0.4, -0.2) is 24.7 Å². The Morgan fingerprint density at radius 3 is 2.74 bits per heavy atom. The third-order valence-corrected chi connectivity index (χ3v) is 2.79. The number of ether oxygens (including phenoxy) is 1. The lowest BCUT2D eigenvalue weighted by molar-refractivity contribution is 0.299. The van der Waals surface area contributed by atoms with Gasteiger partial charge in [0.1, 0.15) is 17.9 Å². The number of nitrogens with zero attached hydrogens (tertiary/aromatic N) is 1. The minimum atomic E-state index is 0.307. The number of fused-ring (bicyclic) bond motifs is 1. The van der Waals surface area contributed by atoms with Crippen LogP contribution >= 0.6 is 0 Å². The Kier molecular flexibility index (Phi) is 4.38. The highest BCUT2D eigenvalue weighted by Gasteiger charge is 2.08. The van der Waals surface area contributed by atoms with Crippen molar-refractivity contribution in [3.63, 3.8) is 0 Å². The molecule has 1 aromatic carbocycles. The molecular weight excluding hydrogens is 236 g/mol. The summed E-state index contributed by atoms with van der Waals surface area (Å²) in [6.45, 7) is 9.15. The molecule has 0 saturated carbocycles. The first-order chi connectivity index (χ1) is 9.06. The second-order valence-electron chi connectivity index (χ2n) is 5.92. The third kappa shape index (κ3) is 4.21. The van der Waals surface area contributed by atoms with Gasteiger partial charge in [-0.1, -0.05) is 39.0 Å². The van der Waals surface area contributed by atoms with Crippen LogP contribution in [0.2, 0.25) is 0 Å². The first-order valence-electron chi connectivity index (χ1n) is 6.73. The summed E-state index contributed by atoms with van der Waals surface area (Å²) >= 11 is 0. The summed E-state index contributed by atoms with van der Waals surface area (Å²) in [5.74, 6) is 0.857. The van der Waals surface area contributed by atoms with Gasteiger partial charge in [-0.15, -0.1) is 0 Å². The molecule has 0 saturated heterocycles. The average molecular weight is 258 g/mol. The highest BCUT2D eigenvalue weighted by Crippen LogP contribution is 2.22. The molecule has 102 valence electrons. The van der Waals surface area contributed by atoms with Crippen molar-refractivity contribution in [2.75, 3.05) is 19.7 Å². The van der Waals surface area contributed by atoms with Crippen molar-refractivity contribution in [3.05, 3.63) is 36.5 Å². The average Bonchev–Trinajstić information content (AvgIpc) is 2.37. The maximum atomic E-state index is 5.81. The van der Waals surface area contributed by atoms with Gasteiger partial charge in [0.25, 0.3) is 0 Å². The lowest BCUT2D eigenvalue weighted by Crippen LogP contribution is -2.30. The van der Waals surface area contributed by atoms with Crippen molar-refractivity contribution in [1.82, 2.24) is 10.3 Å². The van der Waals surface area contributed by atoms with E-state index in [0.717, 1.165) is 29.7 Å². The highest BCUT2D eigenvalue weighted by atomic mass is 16.5. The smallest absolute Gasteiger partial charge is 0.145 e. The van der Waals surface area contributed by atoms with Crippen molar-refractivity contribution < 1.29 is 4.74 Å². The number of hydrogen-bond donors (Lipinski definition) is 1. The summed E-state index contributed by atoms with van der Waals surface area (Å²) < 4.78 is 5.81. The minimum absolute atomic E-state index is 0.307. The van der Waals surface area contributed by atoms with Gasteiger partial charge in [0.05, 0.1) is 0 Å². The molecule has 0 unspecified atom stereocenters. The molecule has 3 nitrogen and oxygen atoms in total. The van der Waals surface area contributed by atoms with Crippen molar-refractivity contribution in [2.45, 2.75) is 20.8 Å². The van der Waals surface area contributed by atoms with Gasteiger partial charge in [0.2, 0.25) is 0 Å². The van der Waals surface area contributed by atoms with E-state index in [1.165, 1.54) is 0 Å². The summed E-state index contributed by atoms with van der Waals surface area (Å²) in [6.07, 6.45) is 1.80. The fourth-order valence-electron chi connectivity index (χ4n) is 1.89. The molecule has 2 aromatic rings. The summed E-state index contributed by atoms with van der Waals surface area (Å²) in [7, 11) is 0. The third-order valence-electron chi connectivity index (χ3n) is 2.79. The van der Waals surface area contributed by atoms with Crippen molar-refractivity contribution in [3.8, 4) is 5.75 Å². The van der Waals surface area contributed by atoms with Crippen LogP contribution in [0, 0.1) is 5.41 Å². The molecule has 2 rings (SSSR count). The fraction of sp³-hybridized carbons (Fsp3) is 0.438. The molecule has 0 aliphatic heterocycles. The second kappa shape index (κ2) is 6.02. The highest BCUT2D eigenvalue weighted by molar-refractivity contribution is 5.84. The van der Waals surface area contributed by atoms with Crippen LogP contribution in [0.25, 0.3) is 10.9 Å². The second-order valence-corrected chi connectivity index (χ2v) is 5.92. The largest absolute Gasteiger partial charge is 0.490 e. The van der Waals surface area contributed by atoms with Gasteiger partial charge >= 0.3 is 0 Å². The van der Waals surface area contributed by atoms with Gasteiger partial charge < -0.3 is 10.1 Å². The zero-order valence-electron chi connectivity index (χ0n) is 11.9. The van der Waals surface area contributed by atoms with Gasteiger partial charge in [-0.05, 0) is 17.5 Å². The molecule has 19 heavy (non-hydrogen) atoms. The van der Waals surface area contributed by atoms with E-state index in [1.54, 1.807) is 6.20 Å². The Morgan fingerprint density at radius 2 is 1.95 bits per heavy atom. The van der Waals surface area contributed by atoms with Crippen LogP contribution in [0.5, 0.6) is 5.75 Å². The molecule has 0 aliphatic rings. The summed E-state index contributed by atoms with van der Waals surface area (Å²) in [6, 6.07) is 10.0. The van der Waals surface area contributed by atoms with Crippen LogP contribution in [0.15, 0.2) is 36.5 Å². The number of pyridine rings is 1. The van der Waals surface area contributed by atoms with E-state index in [0.29, 0.717) is 12.0 Å². The summed E-state index contributed by atoms with van der Waals surface area (Å²) in [5.41, 5.74) is 1.24. The molecule has 1 heterocycles. The Balaban J connectivity index is 1.88. The molecule has 1 N–H and O–H groups in total. The monoisotopic (exact) mass is 258 g/mol. The van der Waals surface area contributed by atoms with E-state index in [1.807, 2.05) is 30.3 Å². The topological polar surface area (TPSA) is 34.1 Å². The number of hydrogen-bond acceptors (Lipinski definition) is 3. The van der Waals surface area contributed by atoms with Crippen LogP contribution < -0.4 is 10.1 Å². The van der Waals surface area contributed by atoms with Crippen LogP contribution in [0.3, 0.4) is 0 Å². The predicted octanol–water partition coefficient (Wildman–Crippen LogP) is 3.25. The quantitative estimate of drug-likeness (QED) is 0.836. The first-order valence-corrected chi connectivity index (χ1v) is 6.73. The van der Waals surface area contributed by atoms with Gasteiger partial charge in [-0.3, -0.25) is 4.98 Å². The van der Waals surface area contributed by atoms with E-state index in [-0.39, 0.29) is 0 Å². The van der Waals surface area contributed by atoms with Crippen LogP contribution in [-0.2, 0) is 0 Å². The Bertz CT molecular complexity index is 526. The van der Waals surface area contributed by atoms with E-state index in [9.17, 15) is 0 Å². The standard InChI is InChI=1S/C16H22N2O/c1-16(2,3)12-17-10-11-19-14-8-4-6-13-7-5-9-18-15(13)14/h4-9,17H,10-12H2,1-3H3. The van der Waals surface area contributed by atoms with E-state index in [4.69, 9.17) is 4.74 Å². The predicted molar refractivity (Wildman–Crippen MR) is 79.6 cm³/mol. The van der Waals surface area contributed by atoms with Gasteiger partial charge in [0, 0.05) is 24.7 Å². The van der Waals surface area contributed by atoms with Crippen molar-refractivity contribution in [1.29, 1.82) is 0 Å². The molecule has 0 atom stereocenters. The fourth-order valence-corrected chi connectivity index (χ4v) is 1.89. The molecule has 0 bridgehead atoms.